The van der Waals surface area contributed by atoms with Crippen molar-refractivity contribution in [3.05, 3.63) is 77.4 Å². The number of alkyl halides is 3. The summed E-state index contributed by atoms with van der Waals surface area (Å²) >= 11 is 0. The molecular weight excluding hydrogens is 519 g/mol. The predicted octanol–water partition coefficient (Wildman–Crippen LogP) is 7.44. The SMILES string of the molecule is COc1cc(CCN2CC(C)(C)c3cc(-c4ccc(C(F)(F)F)cc4)ccc32)ccc1OCC(=O)OC(C)(C)C. The molecule has 0 amide bonds. The molecule has 8 heteroatoms. The second kappa shape index (κ2) is 11.1. The highest BCUT2D eigenvalue weighted by Crippen LogP contribution is 2.43. The van der Waals surface area contributed by atoms with Gasteiger partial charge in [-0.3, -0.25) is 0 Å². The Hall–Kier alpha value is -3.68. The number of esters is 1. The van der Waals surface area contributed by atoms with E-state index in [4.69, 9.17) is 14.2 Å². The fraction of sp³-hybridized carbons (Fsp3) is 0.406. The number of rotatable bonds is 8. The van der Waals surface area contributed by atoms with Crippen molar-refractivity contribution < 1.29 is 32.2 Å². The first-order valence-electron chi connectivity index (χ1n) is 13.2. The summed E-state index contributed by atoms with van der Waals surface area (Å²) < 4.78 is 55.4. The van der Waals surface area contributed by atoms with E-state index in [0.29, 0.717) is 11.5 Å². The van der Waals surface area contributed by atoms with Crippen LogP contribution in [0, 0.1) is 0 Å². The van der Waals surface area contributed by atoms with Gasteiger partial charge in [-0.05, 0) is 85.8 Å². The highest BCUT2D eigenvalue weighted by Gasteiger charge is 2.35. The van der Waals surface area contributed by atoms with Crippen LogP contribution in [0.15, 0.2) is 60.7 Å². The minimum absolute atomic E-state index is 0.117. The van der Waals surface area contributed by atoms with Gasteiger partial charge in [0.15, 0.2) is 18.1 Å². The molecule has 40 heavy (non-hydrogen) atoms. The summed E-state index contributed by atoms with van der Waals surface area (Å²) in [6.07, 6.45) is -3.59. The maximum Gasteiger partial charge on any atom is 0.416 e. The molecule has 0 atom stereocenters. The molecule has 3 aromatic carbocycles. The lowest BCUT2D eigenvalue weighted by Gasteiger charge is -2.22. The maximum absolute atomic E-state index is 13.0. The Kier molecular flexibility index (Phi) is 8.11. The number of anilines is 1. The summed E-state index contributed by atoms with van der Waals surface area (Å²) in [6.45, 7) is 11.2. The minimum Gasteiger partial charge on any atom is -0.493 e. The third-order valence-corrected chi connectivity index (χ3v) is 6.86. The van der Waals surface area contributed by atoms with Crippen molar-refractivity contribution in [1.29, 1.82) is 0 Å². The lowest BCUT2D eigenvalue weighted by atomic mass is 9.85. The van der Waals surface area contributed by atoms with Crippen LogP contribution >= 0.6 is 0 Å². The minimum atomic E-state index is -4.35. The van der Waals surface area contributed by atoms with Gasteiger partial charge in [0.25, 0.3) is 0 Å². The topological polar surface area (TPSA) is 48.0 Å². The molecule has 0 saturated heterocycles. The van der Waals surface area contributed by atoms with E-state index in [1.807, 2.05) is 18.2 Å². The highest BCUT2D eigenvalue weighted by molar-refractivity contribution is 5.73. The molecule has 0 aliphatic carbocycles. The molecule has 3 aromatic rings. The van der Waals surface area contributed by atoms with Crippen LogP contribution in [0.2, 0.25) is 0 Å². The van der Waals surface area contributed by atoms with Crippen LogP contribution in [-0.4, -0.2) is 38.4 Å². The van der Waals surface area contributed by atoms with Gasteiger partial charge in [-0.1, -0.05) is 38.1 Å². The van der Waals surface area contributed by atoms with Crippen LogP contribution in [0.3, 0.4) is 0 Å². The van der Waals surface area contributed by atoms with Gasteiger partial charge in [0.05, 0.1) is 12.7 Å². The Morgan fingerprint density at radius 3 is 2.23 bits per heavy atom. The summed E-state index contributed by atoms with van der Waals surface area (Å²) in [7, 11) is 1.56. The number of nitrogens with zero attached hydrogens (tertiary/aromatic N) is 1. The lowest BCUT2D eigenvalue weighted by Crippen LogP contribution is -2.30. The molecule has 0 aromatic heterocycles. The molecule has 0 saturated carbocycles. The number of carbonyl (C=O) groups is 1. The Bertz CT molecular complexity index is 1360. The van der Waals surface area contributed by atoms with E-state index in [9.17, 15) is 18.0 Å². The first kappa shape index (κ1) is 29.3. The normalized spacial score (nSPS) is 14.6. The van der Waals surface area contributed by atoms with Crippen molar-refractivity contribution >= 4 is 11.7 Å². The second-order valence-corrected chi connectivity index (χ2v) is 11.7. The third-order valence-electron chi connectivity index (χ3n) is 6.86. The monoisotopic (exact) mass is 555 g/mol. The van der Waals surface area contributed by atoms with E-state index in [1.54, 1.807) is 33.9 Å². The zero-order valence-electron chi connectivity index (χ0n) is 23.8. The van der Waals surface area contributed by atoms with Crippen LogP contribution in [0.4, 0.5) is 18.9 Å². The van der Waals surface area contributed by atoms with Gasteiger partial charge in [0.2, 0.25) is 0 Å². The Labute approximate surface area is 233 Å². The first-order valence-corrected chi connectivity index (χ1v) is 13.2. The predicted molar refractivity (Wildman–Crippen MR) is 150 cm³/mol. The molecule has 1 aliphatic heterocycles. The second-order valence-electron chi connectivity index (χ2n) is 11.7. The van der Waals surface area contributed by atoms with Gasteiger partial charge in [-0.15, -0.1) is 0 Å². The van der Waals surface area contributed by atoms with E-state index < -0.39 is 23.3 Å². The number of hydrogen-bond donors (Lipinski definition) is 0. The summed E-state index contributed by atoms with van der Waals surface area (Å²) in [4.78, 5) is 14.4. The zero-order chi connectivity index (χ0) is 29.3. The van der Waals surface area contributed by atoms with Crippen molar-refractivity contribution in [3.8, 4) is 22.6 Å². The Morgan fingerprint density at radius 2 is 1.60 bits per heavy atom. The lowest BCUT2D eigenvalue weighted by molar-refractivity contribution is -0.157. The summed E-state index contributed by atoms with van der Waals surface area (Å²) in [5.41, 5.74) is 3.67. The number of halogens is 3. The van der Waals surface area contributed by atoms with Crippen LogP contribution in [0.5, 0.6) is 11.5 Å². The molecule has 0 bridgehead atoms. The van der Waals surface area contributed by atoms with Crippen molar-refractivity contribution in [2.75, 3.05) is 31.7 Å². The molecular formula is C32H36F3NO4. The number of carbonyl (C=O) groups excluding carboxylic acids is 1. The number of benzene rings is 3. The van der Waals surface area contributed by atoms with Crippen LogP contribution in [0.1, 0.15) is 51.3 Å². The number of ether oxygens (including phenoxy) is 3. The largest absolute Gasteiger partial charge is 0.493 e. The average Bonchev–Trinajstić information content (AvgIpc) is 3.14. The molecule has 1 aliphatic rings. The summed E-state index contributed by atoms with van der Waals surface area (Å²) in [6, 6.07) is 17.1. The number of hydrogen-bond acceptors (Lipinski definition) is 5. The van der Waals surface area contributed by atoms with Gasteiger partial charge in [0.1, 0.15) is 5.60 Å². The molecule has 4 rings (SSSR count). The van der Waals surface area contributed by atoms with E-state index in [1.165, 1.54) is 17.7 Å². The van der Waals surface area contributed by atoms with Crippen LogP contribution in [0.25, 0.3) is 11.1 Å². The molecule has 214 valence electrons. The standard InChI is InChI=1S/C32H36F3NO4/c1-30(2,3)40-29(37)19-39-27-14-7-21(17-28(27)38-6)15-16-36-20-31(4,5)25-18-23(10-13-26(25)36)22-8-11-24(12-9-22)32(33,34)35/h7-14,17-18H,15-16,19-20H2,1-6H3. The number of fused-ring (bicyclic) bond motifs is 1. The van der Waals surface area contributed by atoms with Crippen molar-refractivity contribution in [2.24, 2.45) is 0 Å². The molecule has 0 fully saturated rings. The molecule has 0 radical (unpaired) electrons. The van der Waals surface area contributed by atoms with Crippen molar-refractivity contribution in [3.63, 3.8) is 0 Å². The zero-order valence-corrected chi connectivity index (χ0v) is 23.8. The molecule has 5 nitrogen and oxygen atoms in total. The fourth-order valence-corrected chi connectivity index (χ4v) is 4.99. The summed E-state index contributed by atoms with van der Waals surface area (Å²) in [5, 5.41) is 0. The van der Waals surface area contributed by atoms with Crippen molar-refractivity contribution in [2.45, 2.75) is 58.2 Å². The quantitative estimate of drug-likeness (QED) is 0.270. The van der Waals surface area contributed by atoms with Crippen LogP contribution in [-0.2, 0) is 27.5 Å². The average molecular weight is 556 g/mol. The smallest absolute Gasteiger partial charge is 0.416 e. The van der Waals surface area contributed by atoms with Gasteiger partial charge in [-0.2, -0.15) is 13.2 Å². The van der Waals surface area contributed by atoms with Crippen LogP contribution < -0.4 is 14.4 Å². The molecule has 1 heterocycles. The Morgan fingerprint density at radius 1 is 0.925 bits per heavy atom. The van der Waals surface area contributed by atoms with Gasteiger partial charge < -0.3 is 19.1 Å². The molecule has 0 spiro atoms. The third kappa shape index (κ3) is 6.90. The van der Waals surface area contributed by atoms with Gasteiger partial charge >= 0.3 is 12.1 Å². The highest BCUT2D eigenvalue weighted by atomic mass is 19.4. The first-order chi connectivity index (χ1) is 18.7. The van der Waals surface area contributed by atoms with Gasteiger partial charge in [0, 0.05) is 24.2 Å². The Balaban J connectivity index is 1.44. The maximum atomic E-state index is 13.0. The van der Waals surface area contributed by atoms with E-state index in [0.717, 1.165) is 54.0 Å². The van der Waals surface area contributed by atoms with E-state index in [-0.39, 0.29) is 12.0 Å². The number of methoxy groups -OCH3 is 1. The summed E-state index contributed by atoms with van der Waals surface area (Å²) in [5.74, 6) is 0.570. The van der Waals surface area contributed by atoms with Gasteiger partial charge in [-0.25, -0.2) is 4.79 Å². The van der Waals surface area contributed by atoms with E-state index in [2.05, 4.69) is 30.9 Å². The fourth-order valence-electron chi connectivity index (χ4n) is 4.99. The molecule has 0 unspecified atom stereocenters. The van der Waals surface area contributed by atoms with E-state index >= 15 is 0 Å². The van der Waals surface area contributed by atoms with Crippen molar-refractivity contribution in [1.82, 2.24) is 0 Å². The molecule has 0 N–H and O–H groups in total.